The van der Waals surface area contributed by atoms with Crippen LogP contribution in [0.4, 0.5) is 0 Å². The molecule has 2 heteroatoms. The molecule has 0 N–H and O–H groups in total. The number of alkyl halides is 1. The molecule has 17 heavy (non-hydrogen) atoms. The highest BCUT2D eigenvalue weighted by molar-refractivity contribution is 14.1. The zero-order chi connectivity index (χ0) is 12.2. The minimum absolute atomic E-state index is 0.448. The molecule has 3 rings (SSSR count). The molecule has 0 aromatic rings. The molecule has 0 heterocycles. The molecule has 0 spiro atoms. The van der Waals surface area contributed by atoms with E-state index in [0.29, 0.717) is 5.41 Å². The van der Waals surface area contributed by atoms with E-state index in [0.717, 1.165) is 21.7 Å². The SMILES string of the molecule is CC1(C)C2=CC(I)=CCC2C2CCC(I)CC21. The minimum atomic E-state index is 0.448. The molecule has 0 aromatic heterocycles. The van der Waals surface area contributed by atoms with Crippen LogP contribution in [0, 0.1) is 23.2 Å². The van der Waals surface area contributed by atoms with Gasteiger partial charge in [0.25, 0.3) is 0 Å². The van der Waals surface area contributed by atoms with Crippen LogP contribution >= 0.6 is 45.2 Å². The highest BCUT2D eigenvalue weighted by Crippen LogP contribution is 2.61. The van der Waals surface area contributed by atoms with Gasteiger partial charge in [-0.05, 0) is 77.5 Å². The average Bonchev–Trinajstić information content (AvgIpc) is 2.49. The van der Waals surface area contributed by atoms with Crippen molar-refractivity contribution in [1.82, 2.24) is 0 Å². The highest BCUT2D eigenvalue weighted by atomic mass is 127. The summed E-state index contributed by atoms with van der Waals surface area (Å²) >= 11 is 5.16. The quantitative estimate of drug-likeness (QED) is 0.335. The summed E-state index contributed by atoms with van der Waals surface area (Å²) in [6, 6.07) is 0. The first-order valence-electron chi connectivity index (χ1n) is 6.72. The largest absolute Gasteiger partial charge is 0.0826 e. The molecule has 0 radical (unpaired) electrons. The minimum Gasteiger partial charge on any atom is -0.0826 e. The fourth-order valence-electron chi connectivity index (χ4n) is 4.42. The summed E-state index contributed by atoms with van der Waals surface area (Å²) in [4.78, 5) is 0. The standard InChI is InChI=1S/C15H20I2/c1-15(2)13-7-9(16)3-5-11(13)12-6-4-10(17)8-14(12)15/h3,7,10-12,14H,4-6,8H2,1-2H3. The van der Waals surface area contributed by atoms with Gasteiger partial charge in [0.15, 0.2) is 0 Å². The highest BCUT2D eigenvalue weighted by Gasteiger charge is 2.53. The van der Waals surface area contributed by atoms with E-state index in [1.165, 1.54) is 29.3 Å². The first kappa shape index (κ1) is 12.9. The first-order valence-corrected chi connectivity index (χ1v) is 9.04. The Morgan fingerprint density at radius 1 is 1.29 bits per heavy atom. The molecule has 4 atom stereocenters. The maximum absolute atomic E-state index is 2.67. The van der Waals surface area contributed by atoms with Gasteiger partial charge in [0, 0.05) is 7.50 Å². The molecule has 4 unspecified atom stereocenters. The smallest absolute Gasteiger partial charge is 0.0113 e. The van der Waals surface area contributed by atoms with Crippen molar-refractivity contribution in [3.63, 3.8) is 0 Å². The van der Waals surface area contributed by atoms with Gasteiger partial charge in [-0.2, -0.15) is 0 Å². The van der Waals surface area contributed by atoms with Gasteiger partial charge < -0.3 is 0 Å². The monoisotopic (exact) mass is 454 g/mol. The van der Waals surface area contributed by atoms with Crippen molar-refractivity contribution in [2.24, 2.45) is 23.2 Å². The van der Waals surface area contributed by atoms with Crippen LogP contribution in [0.2, 0.25) is 0 Å². The molecule has 3 aliphatic carbocycles. The summed E-state index contributed by atoms with van der Waals surface area (Å²) in [6.07, 6.45) is 10.6. The van der Waals surface area contributed by atoms with Crippen LogP contribution in [0.5, 0.6) is 0 Å². The van der Waals surface area contributed by atoms with Crippen LogP contribution in [-0.2, 0) is 0 Å². The number of rotatable bonds is 0. The molecule has 0 bridgehead atoms. The van der Waals surface area contributed by atoms with Gasteiger partial charge >= 0.3 is 0 Å². The molecule has 2 fully saturated rings. The number of hydrogen-bond acceptors (Lipinski definition) is 0. The Kier molecular flexibility index (Phi) is 3.42. The lowest BCUT2D eigenvalue weighted by Gasteiger charge is -2.37. The molecular formula is C15H20I2. The van der Waals surface area contributed by atoms with E-state index in [1.54, 1.807) is 5.57 Å². The van der Waals surface area contributed by atoms with Gasteiger partial charge in [0.2, 0.25) is 0 Å². The maximum atomic E-state index is 2.67. The Balaban J connectivity index is 1.99. The van der Waals surface area contributed by atoms with Gasteiger partial charge in [-0.25, -0.2) is 0 Å². The van der Waals surface area contributed by atoms with Crippen molar-refractivity contribution < 1.29 is 0 Å². The van der Waals surface area contributed by atoms with E-state index in [2.05, 4.69) is 71.2 Å². The summed E-state index contributed by atoms with van der Waals surface area (Å²) in [5.41, 5.74) is 2.22. The Bertz CT molecular complexity index is 392. The first-order chi connectivity index (χ1) is 8.00. The van der Waals surface area contributed by atoms with Crippen molar-refractivity contribution in [3.05, 3.63) is 21.3 Å². The lowest BCUT2D eigenvalue weighted by atomic mass is 9.70. The molecule has 0 aromatic carbocycles. The number of fused-ring (bicyclic) bond motifs is 3. The fourth-order valence-corrected chi connectivity index (χ4v) is 5.92. The van der Waals surface area contributed by atoms with Crippen LogP contribution < -0.4 is 0 Å². The Morgan fingerprint density at radius 3 is 2.82 bits per heavy atom. The topological polar surface area (TPSA) is 0 Å². The van der Waals surface area contributed by atoms with Crippen molar-refractivity contribution in [3.8, 4) is 0 Å². The molecule has 3 aliphatic rings. The zero-order valence-electron chi connectivity index (χ0n) is 10.5. The average molecular weight is 454 g/mol. The summed E-state index contributed by atoms with van der Waals surface area (Å²) in [7, 11) is 0. The predicted molar refractivity (Wildman–Crippen MR) is 90.7 cm³/mol. The molecule has 2 saturated carbocycles. The van der Waals surface area contributed by atoms with E-state index < -0.39 is 0 Å². The second kappa shape index (κ2) is 4.50. The third kappa shape index (κ3) is 2.05. The van der Waals surface area contributed by atoms with Crippen molar-refractivity contribution in [1.29, 1.82) is 0 Å². The molecular weight excluding hydrogens is 434 g/mol. The van der Waals surface area contributed by atoms with Gasteiger partial charge in [0.1, 0.15) is 0 Å². The summed E-state index contributed by atoms with van der Waals surface area (Å²) in [6.45, 7) is 5.00. The Hall–Kier alpha value is 0.940. The molecule has 0 nitrogen and oxygen atoms in total. The predicted octanol–water partition coefficient (Wildman–Crippen LogP) is 5.51. The van der Waals surface area contributed by atoms with Crippen LogP contribution in [-0.4, -0.2) is 3.92 Å². The second-order valence-corrected chi connectivity index (χ2v) is 9.44. The van der Waals surface area contributed by atoms with Crippen molar-refractivity contribution >= 4 is 45.2 Å². The van der Waals surface area contributed by atoms with E-state index in [1.807, 2.05) is 0 Å². The van der Waals surface area contributed by atoms with Crippen LogP contribution in [0.1, 0.15) is 39.5 Å². The summed E-state index contributed by atoms with van der Waals surface area (Å²) in [5.74, 6) is 2.78. The molecule has 94 valence electrons. The second-order valence-electron chi connectivity index (χ2n) is 6.43. The number of allylic oxidation sites excluding steroid dienone is 4. The van der Waals surface area contributed by atoms with Crippen molar-refractivity contribution in [2.75, 3.05) is 0 Å². The van der Waals surface area contributed by atoms with Crippen LogP contribution in [0.25, 0.3) is 0 Å². The zero-order valence-corrected chi connectivity index (χ0v) is 14.9. The number of halogens is 2. The third-order valence-corrected chi connectivity index (χ3v) is 7.17. The van der Waals surface area contributed by atoms with E-state index in [4.69, 9.17) is 0 Å². The molecule has 0 saturated heterocycles. The van der Waals surface area contributed by atoms with E-state index >= 15 is 0 Å². The van der Waals surface area contributed by atoms with E-state index in [-0.39, 0.29) is 0 Å². The molecule has 0 amide bonds. The number of hydrogen-bond donors (Lipinski definition) is 0. The van der Waals surface area contributed by atoms with Gasteiger partial charge in [-0.15, -0.1) is 0 Å². The Morgan fingerprint density at radius 2 is 2.06 bits per heavy atom. The Labute approximate surface area is 132 Å². The normalized spacial score (nSPS) is 43.5. The van der Waals surface area contributed by atoms with E-state index in [9.17, 15) is 0 Å². The summed E-state index contributed by atoms with van der Waals surface area (Å²) in [5, 5.41) is 0. The van der Waals surface area contributed by atoms with Crippen LogP contribution in [0.15, 0.2) is 21.3 Å². The lowest BCUT2D eigenvalue weighted by Crippen LogP contribution is -2.30. The van der Waals surface area contributed by atoms with Gasteiger partial charge in [0.05, 0.1) is 0 Å². The molecule has 0 aliphatic heterocycles. The maximum Gasteiger partial charge on any atom is 0.0113 e. The van der Waals surface area contributed by atoms with Crippen molar-refractivity contribution in [2.45, 2.75) is 43.5 Å². The van der Waals surface area contributed by atoms with Gasteiger partial charge in [-0.3, -0.25) is 0 Å². The van der Waals surface area contributed by atoms with Gasteiger partial charge in [-0.1, -0.05) is 48.1 Å². The third-order valence-electron chi connectivity index (χ3n) is 5.29. The van der Waals surface area contributed by atoms with Crippen LogP contribution in [0.3, 0.4) is 0 Å². The lowest BCUT2D eigenvalue weighted by molar-refractivity contribution is 0.169. The summed E-state index contributed by atoms with van der Waals surface area (Å²) < 4.78 is 2.38. The fraction of sp³-hybridized carbons (Fsp3) is 0.733.